The molecule has 0 radical (unpaired) electrons. The van der Waals surface area contributed by atoms with E-state index in [0.717, 1.165) is 5.56 Å². The van der Waals surface area contributed by atoms with Crippen LogP contribution in [-0.4, -0.2) is 28.0 Å². The first kappa shape index (κ1) is 23.8. The first-order valence-electron chi connectivity index (χ1n) is 10.3. The highest BCUT2D eigenvalue weighted by Crippen LogP contribution is 2.26. The predicted molar refractivity (Wildman–Crippen MR) is 129 cm³/mol. The maximum absolute atomic E-state index is 12.6. The van der Waals surface area contributed by atoms with E-state index in [0.29, 0.717) is 17.4 Å². The molecule has 1 amide bonds. The molecule has 3 rings (SSSR count). The third-order valence-electron chi connectivity index (χ3n) is 5.16. The van der Waals surface area contributed by atoms with Crippen molar-refractivity contribution in [3.8, 4) is 5.75 Å². The zero-order valence-electron chi connectivity index (χ0n) is 18.6. The Morgan fingerprint density at radius 1 is 1.00 bits per heavy atom. The van der Waals surface area contributed by atoms with Crippen molar-refractivity contribution in [3.05, 3.63) is 77.2 Å². The standard InChI is InChI=1S/C24H28N2O4S2/c1-17(2)19-7-9-20(10-8-19)18(3)25-23(27)16-30-22-13-11-21(12-14-22)26(4)32(28,29)24-6-5-15-31-24/h5-15,17-18H,16H2,1-4H3,(H,25,27). The molecule has 0 aliphatic rings. The van der Waals surface area contributed by atoms with Crippen LogP contribution in [0.25, 0.3) is 0 Å². The second-order valence-electron chi connectivity index (χ2n) is 7.80. The van der Waals surface area contributed by atoms with Crippen molar-refractivity contribution in [1.29, 1.82) is 0 Å². The molecule has 6 nitrogen and oxygen atoms in total. The van der Waals surface area contributed by atoms with Gasteiger partial charge in [-0.1, -0.05) is 44.2 Å². The summed E-state index contributed by atoms with van der Waals surface area (Å²) in [7, 11) is -2.08. The normalized spacial score (nSPS) is 12.4. The number of hydrogen-bond donors (Lipinski definition) is 1. The highest BCUT2D eigenvalue weighted by atomic mass is 32.2. The number of thiophene rings is 1. The van der Waals surface area contributed by atoms with E-state index in [4.69, 9.17) is 4.74 Å². The summed E-state index contributed by atoms with van der Waals surface area (Å²) in [6.07, 6.45) is 0. The summed E-state index contributed by atoms with van der Waals surface area (Å²) in [4.78, 5) is 12.3. The Morgan fingerprint density at radius 3 is 2.19 bits per heavy atom. The van der Waals surface area contributed by atoms with Crippen molar-refractivity contribution in [1.82, 2.24) is 5.32 Å². The Balaban J connectivity index is 1.54. The number of carbonyl (C=O) groups excluding carboxylic acids is 1. The second kappa shape index (κ2) is 10.2. The number of benzene rings is 2. The lowest BCUT2D eigenvalue weighted by Crippen LogP contribution is -2.31. The van der Waals surface area contributed by atoms with Crippen molar-refractivity contribution in [2.24, 2.45) is 0 Å². The summed E-state index contributed by atoms with van der Waals surface area (Å²) in [5.74, 6) is 0.719. The molecule has 1 heterocycles. The van der Waals surface area contributed by atoms with Gasteiger partial charge in [-0.25, -0.2) is 8.42 Å². The van der Waals surface area contributed by atoms with Crippen molar-refractivity contribution < 1.29 is 17.9 Å². The SMILES string of the molecule is CC(C)c1ccc(C(C)NC(=O)COc2ccc(N(C)S(=O)(=O)c3cccs3)cc2)cc1. The molecule has 0 saturated heterocycles. The van der Waals surface area contributed by atoms with Crippen LogP contribution < -0.4 is 14.4 Å². The number of sulfonamides is 1. The van der Waals surface area contributed by atoms with Gasteiger partial charge in [0.15, 0.2) is 6.61 Å². The fourth-order valence-corrected chi connectivity index (χ4v) is 5.48. The van der Waals surface area contributed by atoms with Crippen LogP contribution in [0.2, 0.25) is 0 Å². The summed E-state index contributed by atoms with van der Waals surface area (Å²) in [6, 6.07) is 18.0. The van der Waals surface area contributed by atoms with Crippen LogP contribution in [0.15, 0.2) is 70.3 Å². The molecular weight excluding hydrogens is 444 g/mol. The monoisotopic (exact) mass is 472 g/mol. The van der Waals surface area contributed by atoms with Crippen LogP contribution >= 0.6 is 11.3 Å². The fraction of sp³-hybridized carbons (Fsp3) is 0.292. The highest BCUT2D eigenvalue weighted by molar-refractivity contribution is 7.94. The molecule has 0 aliphatic heterocycles. The third kappa shape index (κ3) is 5.69. The van der Waals surface area contributed by atoms with Crippen molar-refractivity contribution in [3.63, 3.8) is 0 Å². The maximum Gasteiger partial charge on any atom is 0.273 e. The average Bonchev–Trinajstić information content (AvgIpc) is 3.33. The van der Waals surface area contributed by atoms with E-state index in [1.54, 1.807) is 41.8 Å². The molecule has 170 valence electrons. The van der Waals surface area contributed by atoms with E-state index in [2.05, 4.69) is 31.3 Å². The van der Waals surface area contributed by atoms with E-state index in [9.17, 15) is 13.2 Å². The van der Waals surface area contributed by atoms with Gasteiger partial charge in [0, 0.05) is 7.05 Å². The number of anilines is 1. The van der Waals surface area contributed by atoms with Crippen molar-refractivity contribution in [2.75, 3.05) is 18.0 Å². The van der Waals surface area contributed by atoms with Gasteiger partial charge < -0.3 is 10.1 Å². The maximum atomic E-state index is 12.6. The molecule has 1 atom stereocenters. The number of ether oxygens (including phenoxy) is 1. The average molecular weight is 473 g/mol. The van der Waals surface area contributed by atoms with E-state index in [1.807, 2.05) is 19.1 Å². The summed E-state index contributed by atoms with van der Waals surface area (Å²) in [5.41, 5.74) is 2.80. The third-order valence-corrected chi connectivity index (χ3v) is 8.32. The number of amides is 1. The quantitative estimate of drug-likeness (QED) is 0.478. The predicted octanol–water partition coefficient (Wildman–Crippen LogP) is 4.95. The minimum absolute atomic E-state index is 0.128. The minimum Gasteiger partial charge on any atom is -0.484 e. The second-order valence-corrected chi connectivity index (χ2v) is 10.9. The van der Waals surface area contributed by atoms with Crippen LogP contribution in [0.4, 0.5) is 5.69 Å². The van der Waals surface area contributed by atoms with Gasteiger partial charge in [-0.3, -0.25) is 9.10 Å². The molecule has 1 aromatic heterocycles. The van der Waals surface area contributed by atoms with Gasteiger partial charge >= 0.3 is 0 Å². The molecule has 0 fully saturated rings. The van der Waals surface area contributed by atoms with Crippen molar-refractivity contribution in [2.45, 2.75) is 36.9 Å². The first-order chi connectivity index (χ1) is 15.2. The highest BCUT2D eigenvalue weighted by Gasteiger charge is 2.22. The van der Waals surface area contributed by atoms with E-state index >= 15 is 0 Å². The van der Waals surface area contributed by atoms with Crippen LogP contribution in [0.3, 0.4) is 0 Å². The summed E-state index contributed by atoms with van der Waals surface area (Å²) >= 11 is 1.17. The van der Waals surface area contributed by atoms with Gasteiger partial charge in [0.05, 0.1) is 11.7 Å². The number of nitrogens with one attached hydrogen (secondary N) is 1. The van der Waals surface area contributed by atoms with Crippen LogP contribution in [-0.2, 0) is 14.8 Å². The lowest BCUT2D eigenvalue weighted by molar-refractivity contribution is -0.123. The van der Waals surface area contributed by atoms with Gasteiger partial charge in [-0.2, -0.15) is 0 Å². The summed E-state index contributed by atoms with van der Waals surface area (Å²) in [5, 5.41) is 4.66. The van der Waals surface area contributed by atoms with Crippen molar-refractivity contribution >= 4 is 33.0 Å². The number of rotatable bonds is 9. The largest absolute Gasteiger partial charge is 0.484 e. The number of hydrogen-bond acceptors (Lipinski definition) is 5. The number of carbonyl (C=O) groups is 1. The zero-order valence-corrected chi connectivity index (χ0v) is 20.2. The van der Waals surface area contributed by atoms with E-state index in [-0.39, 0.29) is 22.8 Å². The van der Waals surface area contributed by atoms with Gasteiger partial charge in [0.2, 0.25) is 0 Å². The lowest BCUT2D eigenvalue weighted by Gasteiger charge is -2.19. The zero-order chi connectivity index (χ0) is 23.3. The van der Waals surface area contributed by atoms with E-state index < -0.39 is 10.0 Å². The van der Waals surface area contributed by atoms with Gasteiger partial charge in [0.25, 0.3) is 15.9 Å². The molecule has 0 bridgehead atoms. The molecule has 32 heavy (non-hydrogen) atoms. The van der Waals surface area contributed by atoms with Crippen LogP contribution in [0.1, 0.15) is 43.9 Å². The molecule has 2 aromatic carbocycles. The number of nitrogens with zero attached hydrogens (tertiary/aromatic N) is 1. The Morgan fingerprint density at radius 2 is 1.62 bits per heavy atom. The Kier molecular flexibility index (Phi) is 7.58. The molecular formula is C24H28N2O4S2. The van der Waals surface area contributed by atoms with E-state index in [1.165, 1.54) is 28.3 Å². The molecule has 1 N–H and O–H groups in total. The fourth-order valence-electron chi connectivity index (χ4n) is 3.12. The van der Waals surface area contributed by atoms with Gasteiger partial charge in [0.1, 0.15) is 9.96 Å². The Labute approximate surface area is 193 Å². The molecule has 0 saturated carbocycles. The smallest absolute Gasteiger partial charge is 0.273 e. The molecule has 1 unspecified atom stereocenters. The first-order valence-corrected chi connectivity index (χ1v) is 12.6. The molecule has 0 aliphatic carbocycles. The lowest BCUT2D eigenvalue weighted by atomic mass is 9.99. The Hall–Kier alpha value is -2.84. The molecule has 3 aromatic rings. The molecule has 8 heteroatoms. The molecule has 0 spiro atoms. The Bertz CT molecular complexity index is 1120. The summed E-state index contributed by atoms with van der Waals surface area (Å²) in [6.45, 7) is 6.09. The topological polar surface area (TPSA) is 75.7 Å². The van der Waals surface area contributed by atoms with Crippen LogP contribution in [0, 0.1) is 0 Å². The van der Waals surface area contributed by atoms with Gasteiger partial charge in [-0.15, -0.1) is 11.3 Å². The summed E-state index contributed by atoms with van der Waals surface area (Å²) < 4.78 is 32.3. The van der Waals surface area contributed by atoms with Gasteiger partial charge in [-0.05, 0) is 59.7 Å². The van der Waals surface area contributed by atoms with Crippen LogP contribution in [0.5, 0.6) is 5.75 Å². The minimum atomic E-state index is -3.59.